The minimum atomic E-state index is -3.82. The van der Waals surface area contributed by atoms with Gasteiger partial charge in [-0.2, -0.15) is 4.31 Å². The number of fused-ring (bicyclic) bond motifs is 2. The van der Waals surface area contributed by atoms with Crippen molar-refractivity contribution in [2.24, 2.45) is 5.92 Å². The third-order valence-electron chi connectivity index (χ3n) is 4.99. The topological polar surface area (TPSA) is 108 Å². The van der Waals surface area contributed by atoms with E-state index in [1.54, 1.807) is 0 Å². The van der Waals surface area contributed by atoms with E-state index in [0.29, 0.717) is 18.6 Å². The van der Waals surface area contributed by atoms with Crippen LogP contribution in [-0.2, 0) is 16.6 Å². The summed E-state index contributed by atoms with van der Waals surface area (Å²) in [6.07, 6.45) is 1.96. The predicted octanol–water partition coefficient (Wildman–Crippen LogP) is 1.42. The van der Waals surface area contributed by atoms with Crippen molar-refractivity contribution in [1.29, 1.82) is 0 Å². The van der Waals surface area contributed by atoms with Gasteiger partial charge < -0.3 is 9.55 Å². The number of sulfonamides is 1. The normalized spacial score (nSPS) is 18.1. The maximum absolute atomic E-state index is 13.4. The number of aromatic amines is 2. The number of benzene rings is 1. The number of rotatable bonds is 3. The second kappa shape index (κ2) is 6.21. The van der Waals surface area contributed by atoms with Crippen LogP contribution < -0.4 is 11.2 Å². The Kier molecular flexibility index (Phi) is 4.08. The molecule has 4 rings (SSSR count). The van der Waals surface area contributed by atoms with Gasteiger partial charge in [0.25, 0.3) is 5.56 Å². The van der Waals surface area contributed by atoms with Crippen LogP contribution in [0, 0.1) is 5.92 Å². The fourth-order valence-electron chi connectivity index (χ4n) is 3.78. The van der Waals surface area contributed by atoms with Gasteiger partial charge >= 0.3 is 5.69 Å². The lowest BCUT2D eigenvalue weighted by Gasteiger charge is -2.38. The summed E-state index contributed by atoms with van der Waals surface area (Å²) in [6.45, 7) is 4.91. The van der Waals surface area contributed by atoms with Crippen LogP contribution >= 0.6 is 0 Å². The monoisotopic (exact) mass is 388 g/mol. The number of hydrogen-bond donors (Lipinski definition) is 2. The van der Waals surface area contributed by atoms with Crippen LogP contribution in [0.5, 0.6) is 0 Å². The smallest absolute Gasteiger partial charge is 0.326 e. The molecule has 2 N–H and O–H groups in total. The summed E-state index contributed by atoms with van der Waals surface area (Å²) < 4.78 is 30.4. The molecule has 8 nitrogen and oxygen atoms in total. The Morgan fingerprint density at radius 2 is 1.89 bits per heavy atom. The Morgan fingerprint density at radius 3 is 2.63 bits per heavy atom. The number of H-pyrrole nitrogens is 2. The Balaban J connectivity index is 1.85. The molecule has 0 amide bonds. The van der Waals surface area contributed by atoms with Crippen LogP contribution in [0.3, 0.4) is 0 Å². The van der Waals surface area contributed by atoms with E-state index in [1.165, 1.54) is 22.5 Å². The molecule has 3 heterocycles. The third-order valence-corrected chi connectivity index (χ3v) is 6.87. The molecule has 2 aromatic heterocycles. The largest absolute Gasteiger partial charge is 0.349 e. The molecule has 0 aliphatic carbocycles. The van der Waals surface area contributed by atoms with E-state index in [0.717, 1.165) is 5.69 Å². The van der Waals surface area contributed by atoms with Gasteiger partial charge in [-0.3, -0.25) is 9.78 Å². The van der Waals surface area contributed by atoms with Crippen molar-refractivity contribution >= 4 is 20.9 Å². The quantitative estimate of drug-likeness (QED) is 0.707. The molecule has 0 fully saturated rings. The van der Waals surface area contributed by atoms with Crippen molar-refractivity contribution in [3.05, 3.63) is 63.1 Å². The van der Waals surface area contributed by atoms with Gasteiger partial charge in [-0.25, -0.2) is 13.2 Å². The van der Waals surface area contributed by atoms with Gasteiger partial charge in [0.1, 0.15) is 0 Å². The molecule has 9 heteroatoms. The SMILES string of the molecule is CC(C)[C@H]1c2cccn2CCN1S(=O)(=O)c1ccc2[nH]c(=O)[nH]c(=O)c2c1. The van der Waals surface area contributed by atoms with E-state index in [4.69, 9.17) is 0 Å². The molecule has 1 aliphatic rings. The van der Waals surface area contributed by atoms with Crippen molar-refractivity contribution in [1.82, 2.24) is 18.8 Å². The highest BCUT2D eigenvalue weighted by Crippen LogP contribution is 2.36. The standard InChI is InChI=1S/C18H20N4O4S/c1-11(2)16-15-4-3-7-21(15)8-9-22(16)27(25,26)12-5-6-14-13(10-12)17(23)20-18(24)19-14/h3-7,10-11,16H,8-9H2,1-2H3,(H2,19,20,23,24)/t16-/m0/s1. The molecule has 1 aliphatic heterocycles. The summed E-state index contributed by atoms with van der Waals surface area (Å²) in [5.41, 5.74) is 0.0249. The van der Waals surface area contributed by atoms with Crippen molar-refractivity contribution in [2.45, 2.75) is 31.3 Å². The van der Waals surface area contributed by atoms with Gasteiger partial charge in [-0.05, 0) is 36.2 Å². The molecule has 1 atom stereocenters. The Bertz CT molecular complexity index is 1240. The van der Waals surface area contributed by atoms with E-state index in [9.17, 15) is 18.0 Å². The predicted molar refractivity (Wildman–Crippen MR) is 101 cm³/mol. The third kappa shape index (κ3) is 2.83. The summed E-state index contributed by atoms with van der Waals surface area (Å²) in [4.78, 5) is 28.1. The molecular weight excluding hydrogens is 368 g/mol. The first-order valence-corrected chi connectivity index (χ1v) is 10.2. The Morgan fingerprint density at radius 1 is 1.11 bits per heavy atom. The number of nitrogens with one attached hydrogen (secondary N) is 2. The number of hydrogen-bond acceptors (Lipinski definition) is 4. The first-order chi connectivity index (χ1) is 12.8. The highest BCUT2D eigenvalue weighted by molar-refractivity contribution is 7.89. The molecule has 3 aromatic rings. The van der Waals surface area contributed by atoms with E-state index in [-0.39, 0.29) is 22.2 Å². The molecule has 1 aromatic carbocycles. The average Bonchev–Trinajstić information content (AvgIpc) is 3.08. The lowest BCUT2D eigenvalue weighted by molar-refractivity contribution is 0.215. The lowest BCUT2D eigenvalue weighted by atomic mass is 9.99. The van der Waals surface area contributed by atoms with Crippen molar-refractivity contribution < 1.29 is 8.42 Å². The van der Waals surface area contributed by atoms with Gasteiger partial charge in [0, 0.05) is 25.0 Å². The fraction of sp³-hybridized carbons (Fsp3) is 0.333. The summed E-state index contributed by atoms with van der Waals surface area (Å²) >= 11 is 0. The highest BCUT2D eigenvalue weighted by Gasteiger charge is 2.38. The lowest BCUT2D eigenvalue weighted by Crippen LogP contribution is -2.43. The maximum Gasteiger partial charge on any atom is 0.326 e. The molecule has 27 heavy (non-hydrogen) atoms. The van der Waals surface area contributed by atoms with Crippen LogP contribution in [0.15, 0.2) is 51.0 Å². The van der Waals surface area contributed by atoms with Crippen LogP contribution in [0.4, 0.5) is 0 Å². The molecule has 0 bridgehead atoms. The molecule has 142 valence electrons. The van der Waals surface area contributed by atoms with E-state index in [2.05, 4.69) is 14.5 Å². The van der Waals surface area contributed by atoms with Crippen molar-refractivity contribution in [3.63, 3.8) is 0 Å². The molecular formula is C18H20N4O4S. The molecule has 0 radical (unpaired) electrons. The first-order valence-electron chi connectivity index (χ1n) is 8.72. The zero-order valence-electron chi connectivity index (χ0n) is 15.0. The Labute approximate surface area is 155 Å². The molecule has 0 spiro atoms. The second-order valence-corrected chi connectivity index (χ2v) is 8.94. The number of nitrogens with zero attached hydrogens (tertiary/aromatic N) is 2. The van der Waals surface area contributed by atoms with Gasteiger partial charge in [-0.1, -0.05) is 13.8 Å². The van der Waals surface area contributed by atoms with E-state index < -0.39 is 21.3 Å². The second-order valence-electron chi connectivity index (χ2n) is 7.05. The minimum Gasteiger partial charge on any atom is -0.349 e. The fourth-order valence-corrected chi connectivity index (χ4v) is 5.53. The molecule has 0 saturated heterocycles. The van der Waals surface area contributed by atoms with Gasteiger partial charge in [0.05, 0.1) is 21.8 Å². The maximum atomic E-state index is 13.4. The van der Waals surface area contributed by atoms with Crippen molar-refractivity contribution in [2.75, 3.05) is 6.54 Å². The number of aromatic nitrogens is 3. The van der Waals surface area contributed by atoms with Gasteiger partial charge in [0.2, 0.25) is 10.0 Å². The van der Waals surface area contributed by atoms with Gasteiger partial charge in [-0.15, -0.1) is 0 Å². The van der Waals surface area contributed by atoms with Crippen LogP contribution in [0.2, 0.25) is 0 Å². The van der Waals surface area contributed by atoms with Crippen LogP contribution in [0.1, 0.15) is 25.6 Å². The zero-order valence-corrected chi connectivity index (χ0v) is 15.8. The summed E-state index contributed by atoms with van der Waals surface area (Å²) in [5, 5.41) is 0.136. The van der Waals surface area contributed by atoms with E-state index >= 15 is 0 Å². The molecule has 0 saturated carbocycles. The van der Waals surface area contributed by atoms with E-state index in [1.807, 2.05) is 32.2 Å². The van der Waals surface area contributed by atoms with Gasteiger partial charge in [0.15, 0.2) is 0 Å². The highest BCUT2D eigenvalue weighted by atomic mass is 32.2. The Hall–Kier alpha value is -2.65. The van der Waals surface area contributed by atoms with Crippen LogP contribution in [-0.4, -0.2) is 33.8 Å². The van der Waals surface area contributed by atoms with Crippen LogP contribution in [0.25, 0.3) is 10.9 Å². The van der Waals surface area contributed by atoms with Crippen molar-refractivity contribution in [3.8, 4) is 0 Å². The summed E-state index contributed by atoms with van der Waals surface area (Å²) in [7, 11) is -3.82. The summed E-state index contributed by atoms with van der Waals surface area (Å²) in [5.74, 6) is 0.0777. The summed E-state index contributed by atoms with van der Waals surface area (Å²) in [6, 6.07) is 7.79. The average molecular weight is 388 g/mol. The first kappa shape index (κ1) is 17.7. The molecule has 0 unspecified atom stereocenters. The zero-order chi connectivity index (χ0) is 19.3. The minimum absolute atomic E-state index is 0.0400.